The van der Waals surface area contributed by atoms with Crippen molar-refractivity contribution in [1.82, 2.24) is 0 Å². The first-order valence-corrected chi connectivity index (χ1v) is 4.97. The molecule has 0 aliphatic rings. The van der Waals surface area contributed by atoms with E-state index >= 15 is 0 Å². The molecule has 0 aliphatic carbocycles. The highest BCUT2D eigenvalue weighted by atomic mass is 79.9. The maximum absolute atomic E-state index is 13.1. The van der Waals surface area contributed by atoms with Crippen molar-refractivity contribution in [2.45, 2.75) is 19.6 Å². The zero-order valence-electron chi connectivity index (χ0n) is 7.63. The van der Waals surface area contributed by atoms with Gasteiger partial charge in [-0.25, -0.2) is 9.18 Å². The summed E-state index contributed by atoms with van der Waals surface area (Å²) in [7, 11) is 0. The van der Waals surface area contributed by atoms with Gasteiger partial charge in [0.2, 0.25) is 12.4 Å². The molecule has 0 N–H and O–H groups in total. The van der Waals surface area contributed by atoms with Gasteiger partial charge in [0.25, 0.3) is 0 Å². The van der Waals surface area contributed by atoms with E-state index in [1.807, 2.05) is 13.0 Å². The van der Waals surface area contributed by atoms with Crippen molar-refractivity contribution >= 4 is 22.0 Å². The highest BCUT2D eigenvalue weighted by Crippen LogP contribution is 2.25. The molecule has 0 heterocycles. The number of hydrogen-bond acceptors (Lipinski definition) is 2. The van der Waals surface area contributed by atoms with Crippen LogP contribution in [0, 0.1) is 0 Å². The molecule has 1 aromatic carbocycles. The summed E-state index contributed by atoms with van der Waals surface area (Å²) >= 11 is 3.32. The van der Waals surface area contributed by atoms with Crippen molar-refractivity contribution in [2.75, 3.05) is 0 Å². The number of halogens is 2. The second-order valence-electron chi connectivity index (χ2n) is 2.76. The number of aliphatic imine (C=N–C) groups is 1. The van der Waals surface area contributed by atoms with Gasteiger partial charge in [0.1, 0.15) is 0 Å². The van der Waals surface area contributed by atoms with E-state index in [0.29, 0.717) is 5.56 Å². The minimum atomic E-state index is -1.62. The first-order valence-electron chi connectivity index (χ1n) is 4.18. The average Bonchev–Trinajstić information content (AvgIpc) is 2.18. The van der Waals surface area contributed by atoms with Gasteiger partial charge in [0, 0.05) is 10.0 Å². The van der Waals surface area contributed by atoms with Gasteiger partial charge in [-0.3, -0.25) is 0 Å². The molecule has 4 heteroatoms. The van der Waals surface area contributed by atoms with Crippen LogP contribution in [0.1, 0.15) is 24.3 Å². The second-order valence-corrected chi connectivity index (χ2v) is 3.61. The third-order valence-electron chi connectivity index (χ3n) is 1.90. The fourth-order valence-corrected chi connectivity index (χ4v) is 1.80. The van der Waals surface area contributed by atoms with Crippen molar-refractivity contribution in [3.63, 3.8) is 0 Å². The molecular weight excluding hydrogens is 249 g/mol. The number of hydrogen-bond donors (Lipinski definition) is 0. The fourth-order valence-electron chi connectivity index (χ4n) is 1.12. The molecule has 0 amide bonds. The smallest absolute Gasteiger partial charge is 0.215 e. The van der Waals surface area contributed by atoms with E-state index in [-0.39, 0.29) is 0 Å². The monoisotopic (exact) mass is 257 g/mol. The largest absolute Gasteiger partial charge is 0.238 e. The van der Waals surface area contributed by atoms with E-state index in [4.69, 9.17) is 0 Å². The predicted molar refractivity (Wildman–Crippen MR) is 55.5 cm³/mol. The van der Waals surface area contributed by atoms with Gasteiger partial charge in [-0.15, -0.1) is 0 Å². The molecular formula is C10H9BrFNO. The number of nitrogens with zero attached hydrogens (tertiary/aromatic N) is 1. The summed E-state index contributed by atoms with van der Waals surface area (Å²) in [4.78, 5) is 12.9. The van der Waals surface area contributed by atoms with Gasteiger partial charge >= 0.3 is 0 Å². The quantitative estimate of drug-likeness (QED) is 0.464. The Hall–Kier alpha value is -0.990. The highest BCUT2D eigenvalue weighted by Gasteiger charge is 2.08. The SMILES string of the molecule is CCc1ccc(C(F)N=C=O)cc1Br. The molecule has 74 valence electrons. The van der Waals surface area contributed by atoms with Gasteiger partial charge in [-0.05, 0) is 18.1 Å². The molecule has 1 atom stereocenters. The van der Waals surface area contributed by atoms with E-state index in [2.05, 4.69) is 20.9 Å². The summed E-state index contributed by atoms with van der Waals surface area (Å²) in [6, 6.07) is 5.06. The number of aryl methyl sites for hydroxylation is 1. The van der Waals surface area contributed by atoms with Crippen molar-refractivity contribution in [3.8, 4) is 0 Å². The lowest BCUT2D eigenvalue weighted by Gasteiger charge is -2.05. The number of isocyanates is 1. The second kappa shape index (κ2) is 5.03. The standard InChI is InChI=1S/C10H9BrFNO/c1-2-7-3-4-8(5-9(7)11)10(12)13-6-14/h3-5,10H,2H2,1H3. The molecule has 0 aromatic heterocycles. The maximum atomic E-state index is 13.1. The fraction of sp³-hybridized carbons (Fsp3) is 0.300. The molecule has 1 rings (SSSR count). The van der Waals surface area contributed by atoms with Crippen LogP contribution in [-0.2, 0) is 11.2 Å². The lowest BCUT2D eigenvalue weighted by molar-refractivity contribution is 0.356. The van der Waals surface area contributed by atoms with E-state index in [1.54, 1.807) is 12.1 Å². The van der Waals surface area contributed by atoms with Crippen molar-refractivity contribution in [2.24, 2.45) is 4.99 Å². The average molecular weight is 258 g/mol. The van der Waals surface area contributed by atoms with Crippen LogP contribution in [0.15, 0.2) is 27.7 Å². The van der Waals surface area contributed by atoms with E-state index in [0.717, 1.165) is 16.5 Å². The third kappa shape index (κ3) is 2.50. The molecule has 14 heavy (non-hydrogen) atoms. The Morgan fingerprint density at radius 1 is 1.64 bits per heavy atom. The van der Waals surface area contributed by atoms with Crippen LogP contribution in [-0.4, -0.2) is 6.08 Å². The lowest BCUT2D eigenvalue weighted by atomic mass is 10.1. The van der Waals surface area contributed by atoms with E-state index in [9.17, 15) is 9.18 Å². The van der Waals surface area contributed by atoms with Gasteiger partial charge in [0.15, 0.2) is 0 Å². The highest BCUT2D eigenvalue weighted by molar-refractivity contribution is 9.10. The van der Waals surface area contributed by atoms with Crippen LogP contribution < -0.4 is 0 Å². The summed E-state index contributed by atoms with van der Waals surface area (Å²) < 4.78 is 13.9. The zero-order valence-corrected chi connectivity index (χ0v) is 9.21. The van der Waals surface area contributed by atoms with Gasteiger partial charge in [-0.1, -0.05) is 35.0 Å². The molecule has 1 unspecified atom stereocenters. The van der Waals surface area contributed by atoms with Crippen molar-refractivity contribution in [3.05, 3.63) is 33.8 Å². The van der Waals surface area contributed by atoms with Crippen molar-refractivity contribution in [1.29, 1.82) is 0 Å². The lowest BCUT2D eigenvalue weighted by Crippen LogP contribution is -1.90. The number of benzene rings is 1. The Balaban J connectivity index is 3.01. The number of rotatable bonds is 3. The van der Waals surface area contributed by atoms with Gasteiger partial charge in [0.05, 0.1) is 0 Å². The summed E-state index contributed by atoms with van der Waals surface area (Å²) in [6.45, 7) is 2.01. The Morgan fingerprint density at radius 3 is 2.86 bits per heavy atom. The molecule has 0 saturated carbocycles. The Labute approximate surface area is 90.0 Å². The van der Waals surface area contributed by atoms with Crippen molar-refractivity contribution < 1.29 is 9.18 Å². The minimum Gasteiger partial charge on any atom is -0.215 e. The van der Waals surface area contributed by atoms with Crippen LogP contribution in [0.25, 0.3) is 0 Å². The van der Waals surface area contributed by atoms with E-state index in [1.165, 1.54) is 6.08 Å². The topological polar surface area (TPSA) is 29.4 Å². The third-order valence-corrected chi connectivity index (χ3v) is 2.64. The van der Waals surface area contributed by atoms with Crippen LogP contribution >= 0.6 is 15.9 Å². The molecule has 0 spiro atoms. The zero-order chi connectivity index (χ0) is 10.6. The van der Waals surface area contributed by atoms with Crippen LogP contribution in [0.3, 0.4) is 0 Å². The van der Waals surface area contributed by atoms with Crippen LogP contribution in [0.2, 0.25) is 0 Å². The number of carbonyl (C=O) groups excluding carboxylic acids is 1. The molecule has 1 aromatic rings. The molecule has 0 saturated heterocycles. The minimum absolute atomic E-state index is 0.359. The van der Waals surface area contributed by atoms with Gasteiger partial charge in [-0.2, -0.15) is 4.99 Å². The van der Waals surface area contributed by atoms with Gasteiger partial charge < -0.3 is 0 Å². The summed E-state index contributed by atoms with van der Waals surface area (Å²) in [5, 5.41) is 0. The van der Waals surface area contributed by atoms with Crippen LogP contribution in [0.5, 0.6) is 0 Å². The number of alkyl halides is 1. The Kier molecular flexibility index (Phi) is 3.98. The predicted octanol–water partition coefficient (Wildman–Crippen LogP) is 3.32. The van der Waals surface area contributed by atoms with E-state index < -0.39 is 6.30 Å². The molecule has 0 radical (unpaired) electrons. The molecule has 0 fully saturated rings. The summed E-state index contributed by atoms with van der Waals surface area (Å²) in [6.07, 6.45) is 0.452. The maximum Gasteiger partial charge on any atom is 0.238 e. The Morgan fingerprint density at radius 2 is 2.36 bits per heavy atom. The molecule has 0 bridgehead atoms. The normalized spacial score (nSPS) is 11.9. The first kappa shape index (κ1) is 11.1. The summed E-state index contributed by atoms with van der Waals surface area (Å²) in [5.74, 6) is 0. The molecule has 2 nitrogen and oxygen atoms in total. The first-order chi connectivity index (χ1) is 6.69. The Bertz CT molecular complexity index is 374. The molecule has 0 aliphatic heterocycles. The van der Waals surface area contributed by atoms with Crippen LogP contribution in [0.4, 0.5) is 4.39 Å². The summed E-state index contributed by atoms with van der Waals surface area (Å²) in [5.41, 5.74) is 1.45.